The van der Waals surface area contributed by atoms with Crippen LogP contribution in [0, 0.1) is 23.2 Å². The maximum Gasteiger partial charge on any atom is 0.361 e. The van der Waals surface area contributed by atoms with Gasteiger partial charge in [0, 0.05) is 17.6 Å². The number of carbonyl (C=O) groups excluding carboxylic acids is 2. The molecule has 7 N–H and O–H groups in total. The fourth-order valence-corrected chi connectivity index (χ4v) is 6.62. The van der Waals surface area contributed by atoms with E-state index in [4.69, 9.17) is 51.1 Å². The number of aliphatic hydroxyl groups excluding tert-OH is 2. The van der Waals surface area contributed by atoms with E-state index in [2.05, 4.69) is 16.4 Å². The van der Waals surface area contributed by atoms with Crippen LogP contribution in [-0.4, -0.2) is 94.7 Å². The first-order chi connectivity index (χ1) is 23.7. The molecule has 2 aliphatic rings. The molecule has 0 bridgehead atoms. The zero-order valence-electron chi connectivity index (χ0n) is 28.4. The van der Waals surface area contributed by atoms with Crippen LogP contribution in [-0.2, 0) is 42.1 Å². The van der Waals surface area contributed by atoms with Crippen LogP contribution in [0.4, 0.5) is 5.69 Å². The summed E-state index contributed by atoms with van der Waals surface area (Å²) >= 11 is 6.42. The highest BCUT2D eigenvalue weighted by atomic mass is 35.5. The standard InChI is InChI=1S/C31H46ClN6O11P/c1-16(2)22(34)30(41)45-13-47-50(43,48-14-46-31(42)23(35)17(3)4)15-44-12-21-25(39)26(40)29(49-21)38-10-9-19-24(36-18-7-5-6-8-18)20(11-33)27(32)37-28(19)38/h9-10,16-18,21-23,25-26,29,39-40H,5-8,12-15,34-35H2,1-4H3,(H,36,37)/t21-,22-,23-,25-,26-,29-/m1/s1. The maximum absolute atomic E-state index is 13.5. The summed E-state index contributed by atoms with van der Waals surface area (Å²) in [7, 11) is -4.28. The van der Waals surface area contributed by atoms with Gasteiger partial charge in [-0.1, -0.05) is 52.1 Å². The van der Waals surface area contributed by atoms with Crippen molar-refractivity contribution in [1.29, 1.82) is 5.26 Å². The SMILES string of the molecule is CC(C)[C@@H](N)C(=O)OCOP(=O)(COC[C@H]1O[C@@H](n2ccc3c(NC4CCCC4)c(C#N)c(Cl)nc32)[C@H](O)[C@@H]1O)OCOC(=O)[C@H](N)C(C)C. The summed E-state index contributed by atoms with van der Waals surface area (Å²) in [5, 5.41) is 35.6. The molecule has 1 aliphatic heterocycles. The van der Waals surface area contributed by atoms with Crippen LogP contribution in [0.1, 0.15) is 65.2 Å². The fourth-order valence-electron chi connectivity index (χ4n) is 5.43. The lowest BCUT2D eigenvalue weighted by molar-refractivity contribution is -0.155. The van der Waals surface area contributed by atoms with Crippen molar-refractivity contribution in [2.45, 2.75) is 96.0 Å². The van der Waals surface area contributed by atoms with E-state index in [1.807, 2.05) is 0 Å². The minimum absolute atomic E-state index is 0.0298. The van der Waals surface area contributed by atoms with Crippen molar-refractivity contribution >= 4 is 47.9 Å². The summed E-state index contributed by atoms with van der Waals surface area (Å²) in [5.41, 5.74) is 12.6. The Morgan fingerprint density at radius 2 is 1.68 bits per heavy atom. The van der Waals surface area contributed by atoms with Crippen molar-refractivity contribution in [3.63, 3.8) is 0 Å². The second kappa shape index (κ2) is 17.6. The number of fused-ring (bicyclic) bond motifs is 1. The molecule has 0 spiro atoms. The molecule has 1 aliphatic carbocycles. The molecule has 19 heteroatoms. The third kappa shape index (κ3) is 9.51. The van der Waals surface area contributed by atoms with Crippen LogP contribution in [0.25, 0.3) is 11.0 Å². The summed E-state index contributed by atoms with van der Waals surface area (Å²) in [6.07, 6.45) is -0.286. The van der Waals surface area contributed by atoms with Gasteiger partial charge in [-0.3, -0.25) is 23.2 Å². The Labute approximate surface area is 294 Å². The van der Waals surface area contributed by atoms with Gasteiger partial charge in [-0.05, 0) is 30.7 Å². The molecule has 3 heterocycles. The number of hydrogen-bond donors (Lipinski definition) is 5. The molecule has 0 amide bonds. The number of halogens is 1. The first-order valence-corrected chi connectivity index (χ1v) is 18.5. The summed E-state index contributed by atoms with van der Waals surface area (Å²) in [6.45, 7) is 4.83. The van der Waals surface area contributed by atoms with Crippen molar-refractivity contribution in [1.82, 2.24) is 9.55 Å². The number of aliphatic hydroxyl groups is 2. The average molecular weight is 745 g/mol. The molecule has 17 nitrogen and oxygen atoms in total. The number of nitrogens with one attached hydrogen (secondary N) is 1. The molecule has 2 aromatic rings. The molecule has 2 fully saturated rings. The van der Waals surface area contributed by atoms with E-state index < -0.39 is 82.7 Å². The Bertz CT molecular complexity index is 1540. The van der Waals surface area contributed by atoms with E-state index >= 15 is 0 Å². The van der Waals surface area contributed by atoms with E-state index in [9.17, 15) is 29.6 Å². The van der Waals surface area contributed by atoms with Crippen molar-refractivity contribution in [2.75, 3.05) is 31.9 Å². The molecule has 0 radical (unpaired) electrons. The number of rotatable bonds is 17. The van der Waals surface area contributed by atoms with Crippen LogP contribution in [0.3, 0.4) is 0 Å². The van der Waals surface area contributed by atoms with Crippen LogP contribution in [0.15, 0.2) is 12.3 Å². The van der Waals surface area contributed by atoms with Gasteiger partial charge < -0.3 is 50.5 Å². The van der Waals surface area contributed by atoms with Gasteiger partial charge in [0.1, 0.15) is 54.0 Å². The summed E-state index contributed by atoms with van der Waals surface area (Å²) in [5.74, 6) is -2.08. The van der Waals surface area contributed by atoms with E-state index in [-0.39, 0.29) is 28.6 Å². The number of anilines is 1. The van der Waals surface area contributed by atoms with Gasteiger partial charge in [-0.2, -0.15) is 5.26 Å². The predicted molar refractivity (Wildman–Crippen MR) is 179 cm³/mol. The van der Waals surface area contributed by atoms with Crippen LogP contribution < -0.4 is 16.8 Å². The Kier molecular flexibility index (Phi) is 14.0. The third-order valence-corrected chi connectivity index (χ3v) is 10.4. The topological polar surface area (TPSA) is 253 Å². The van der Waals surface area contributed by atoms with Crippen LogP contribution >= 0.6 is 19.2 Å². The second-order valence-corrected chi connectivity index (χ2v) is 15.3. The monoisotopic (exact) mass is 744 g/mol. The first kappa shape index (κ1) is 39.9. The Morgan fingerprint density at radius 1 is 1.10 bits per heavy atom. The molecule has 2 aromatic heterocycles. The number of aromatic nitrogens is 2. The summed E-state index contributed by atoms with van der Waals surface area (Å²) in [6, 6.07) is 2.09. The van der Waals surface area contributed by atoms with Crippen molar-refractivity contribution in [2.24, 2.45) is 23.3 Å². The van der Waals surface area contributed by atoms with Gasteiger partial charge in [0.2, 0.25) is 13.6 Å². The largest absolute Gasteiger partial charge is 0.437 e. The highest BCUT2D eigenvalue weighted by Crippen LogP contribution is 2.48. The minimum Gasteiger partial charge on any atom is -0.437 e. The quantitative estimate of drug-likeness (QED) is 0.0675. The Hall–Kier alpha value is -2.88. The second-order valence-electron chi connectivity index (χ2n) is 13.0. The molecule has 1 saturated carbocycles. The van der Waals surface area contributed by atoms with Gasteiger partial charge in [0.15, 0.2) is 11.4 Å². The molecular formula is C31H46ClN6O11P. The zero-order chi connectivity index (χ0) is 36.7. The molecule has 1 saturated heterocycles. The van der Waals surface area contributed by atoms with Gasteiger partial charge in [0.25, 0.3) is 0 Å². The number of ether oxygens (including phenoxy) is 4. The van der Waals surface area contributed by atoms with Crippen LogP contribution in [0.2, 0.25) is 5.15 Å². The Balaban J connectivity index is 1.43. The molecule has 0 aromatic carbocycles. The lowest BCUT2D eigenvalue weighted by atomic mass is 10.1. The molecule has 50 heavy (non-hydrogen) atoms. The van der Waals surface area contributed by atoms with Gasteiger partial charge in [-0.25, -0.2) is 4.98 Å². The lowest BCUT2D eigenvalue weighted by Gasteiger charge is -2.22. The predicted octanol–water partition coefficient (Wildman–Crippen LogP) is 2.70. The van der Waals surface area contributed by atoms with E-state index in [1.54, 1.807) is 40.0 Å². The lowest BCUT2D eigenvalue weighted by Crippen LogP contribution is -2.37. The third-order valence-electron chi connectivity index (χ3n) is 8.66. The molecule has 4 rings (SSSR count). The van der Waals surface area contributed by atoms with E-state index in [0.29, 0.717) is 16.7 Å². The van der Waals surface area contributed by atoms with E-state index in [0.717, 1.165) is 25.7 Å². The number of esters is 2. The highest BCUT2D eigenvalue weighted by Gasteiger charge is 2.45. The van der Waals surface area contributed by atoms with Gasteiger partial charge >= 0.3 is 19.5 Å². The molecular weight excluding hydrogens is 699 g/mol. The summed E-state index contributed by atoms with van der Waals surface area (Å²) < 4.78 is 46.9. The number of hydrogen-bond acceptors (Lipinski definition) is 16. The zero-order valence-corrected chi connectivity index (χ0v) is 30.0. The van der Waals surface area contributed by atoms with E-state index in [1.165, 1.54) is 4.57 Å². The maximum atomic E-state index is 13.5. The summed E-state index contributed by atoms with van der Waals surface area (Å²) in [4.78, 5) is 28.7. The first-order valence-electron chi connectivity index (χ1n) is 16.4. The highest BCUT2D eigenvalue weighted by molar-refractivity contribution is 7.53. The number of pyridine rings is 1. The van der Waals surface area contributed by atoms with Crippen molar-refractivity contribution < 1.29 is 52.4 Å². The Morgan fingerprint density at radius 3 is 2.22 bits per heavy atom. The fraction of sp³-hybridized carbons (Fsp3) is 0.677. The van der Waals surface area contributed by atoms with Crippen molar-refractivity contribution in [3.8, 4) is 6.07 Å². The number of nitrogens with two attached hydrogens (primary N) is 2. The molecule has 278 valence electrons. The minimum atomic E-state index is -4.28. The van der Waals surface area contributed by atoms with Gasteiger partial charge in [0.05, 0.1) is 12.3 Å². The number of carbonyl (C=O) groups is 2. The normalized spacial score (nSPS) is 22.6. The molecule has 0 unspecified atom stereocenters. The van der Waals surface area contributed by atoms with Crippen LogP contribution in [0.5, 0.6) is 0 Å². The number of nitriles is 1. The average Bonchev–Trinajstić information content (AvgIpc) is 3.80. The number of nitrogens with zero attached hydrogens (tertiary/aromatic N) is 3. The van der Waals surface area contributed by atoms with Gasteiger partial charge in [-0.15, -0.1) is 0 Å². The molecule has 6 atom stereocenters. The smallest absolute Gasteiger partial charge is 0.361 e. The van der Waals surface area contributed by atoms with Crippen molar-refractivity contribution in [3.05, 3.63) is 23.0 Å².